The minimum Gasteiger partial charge on any atom is -0.497 e. The number of carbonyl (C=O) groups is 1. The molecule has 4 heteroatoms. The Hall–Kier alpha value is -1.65. The molecule has 2 atom stereocenters. The third-order valence-electron chi connectivity index (χ3n) is 4.62. The molecule has 0 spiro atoms. The molecule has 0 aliphatic carbocycles. The van der Waals surface area contributed by atoms with Crippen LogP contribution < -0.4 is 4.74 Å². The fourth-order valence-electron chi connectivity index (χ4n) is 2.89. The van der Waals surface area contributed by atoms with Crippen molar-refractivity contribution in [2.24, 2.45) is 5.41 Å². The highest BCUT2D eigenvalue weighted by atomic mass is 16.7. The Labute approximate surface area is 144 Å². The molecule has 0 amide bonds. The molecule has 0 radical (unpaired) electrons. The van der Waals surface area contributed by atoms with Gasteiger partial charge in [-0.2, -0.15) is 0 Å². The van der Waals surface area contributed by atoms with E-state index in [1.54, 1.807) is 7.11 Å². The quantitative estimate of drug-likeness (QED) is 0.692. The van der Waals surface area contributed by atoms with Crippen LogP contribution in [0.25, 0.3) is 0 Å². The van der Waals surface area contributed by atoms with Crippen LogP contribution in [0.5, 0.6) is 5.75 Å². The molecule has 1 aromatic rings. The molecule has 24 heavy (non-hydrogen) atoms. The van der Waals surface area contributed by atoms with Crippen LogP contribution in [0, 0.1) is 5.41 Å². The molecule has 1 unspecified atom stereocenters. The van der Waals surface area contributed by atoms with Crippen LogP contribution in [-0.2, 0) is 14.3 Å². The summed E-state index contributed by atoms with van der Waals surface area (Å²) in [5.41, 5.74) is 0.425. The van der Waals surface area contributed by atoms with Gasteiger partial charge in [0.2, 0.25) is 0 Å². The minimum atomic E-state index is -0.518. The number of rotatable bonds is 7. The summed E-state index contributed by atoms with van der Waals surface area (Å²) in [7, 11) is 1.64. The Kier molecular flexibility index (Phi) is 6.58. The summed E-state index contributed by atoms with van der Waals surface area (Å²) in [4.78, 5) is 12.6. The summed E-state index contributed by atoms with van der Waals surface area (Å²) in [5.74, 6) is 1.03. The fourth-order valence-corrected chi connectivity index (χ4v) is 2.89. The van der Waals surface area contributed by atoms with E-state index in [4.69, 9.17) is 14.2 Å². The number of carbonyl (C=O) groups excluding carboxylic acids is 1. The Balaban J connectivity index is 2.03. The van der Waals surface area contributed by atoms with Gasteiger partial charge in [-0.3, -0.25) is 4.79 Å². The lowest BCUT2D eigenvalue weighted by atomic mass is 9.78. The molecule has 1 heterocycles. The molecular weight excluding hydrogens is 304 g/mol. The van der Waals surface area contributed by atoms with Crippen LogP contribution in [-0.4, -0.2) is 25.6 Å². The largest absolute Gasteiger partial charge is 0.497 e. The highest BCUT2D eigenvalue weighted by molar-refractivity contribution is 5.84. The number of hydrogen-bond donors (Lipinski definition) is 0. The van der Waals surface area contributed by atoms with E-state index in [0.717, 1.165) is 24.2 Å². The van der Waals surface area contributed by atoms with E-state index in [2.05, 4.69) is 0 Å². The number of methoxy groups -OCH3 is 1. The second-order valence-electron chi connectivity index (χ2n) is 6.64. The van der Waals surface area contributed by atoms with Crippen molar-refractivity contribution in [1.82, 2.24) is 0 Å². The molecule has 1 saturated heterocycles. The van der Waals surface area contributed by atoms with Crippen LogP contribution in [0.3, 0.4) is 0 Å². The summed E-state index contributed by atoms with van der Waals surface area (Å²) < 4.78 is 17.1. The summed E-state index contributed by atoms with van der Waals surface area (Å²) in [6.45, 7) is 6.52. The van der Waals surface area contributed by atoms with Gasteiger partial charge >= 0.3 is 0 Å². The smallest absolute Gasteiger partial charge is 0.184 e. The molecule has 1 fully saturated rings. The van der Waals surface area contributed by atoms with Crippen molar-refractivity contribution in [2.75, 3.05) is 13.7 Å². The van der Waals surface area contributed by atoms with E-state index in [-0.39, 0.29) is 11.9 Å². The van der Waals surface area contributed by atoms with Crippen molar-refractivity contribution in [3.05, 3.63) is 42.0 Å². The molecule has 4 nitrogen and oxygen atoms in total. The van der Waals surface area contributed by atoms with Crippen LogP contribution in [0.4, 0.5) is 0 Å². The van der Waals surface area contributed by atoms with Gasteiger partial charge in [0.25, 0.3) is 0 Å². The highest BCUT2D eigenvalue weighted by Gasteiger charge is 2.40. The van der Waals surface area contributed by atoms with Crippen molar-refractivity contribution in [1.29, 1.82) is 0 Å². The summed E-state index contributed by atoms with van der Waals surface area (Å²) >= 11 is 0. The van der Waals surface area contributed by atoms with Crippen molar-refractivity contribution >= 4 is 5.78 Å². The zero-order valence-electron chi connectivity index (χ0n) is 15.1. The average molecular weight is 332 g/mol. The molecule has 0 aromatic heterocycles. The molecule has 1 aliphatic heterocycles. The van der Waals surface area contributed by atoms with Gasteiger partial charge < -0.3 is 14.2 Å². The van der Waals surface area contributed by atoms with Crippen LogP contribution in [0.15, 0.2) is 36.4 Å². The summed E-state index contributed by atoms with van der Waals surface area (Å²) in [5, 5.41) is 0. The Bertz CT molecular complexity index is 560. The molecule has 0 N–H and O–H groups in total. The van der Waals surface area contributed by atoms with Gasteiger partial charge in [0, 0.05) is 17.4 Å². The van der Waals surface area contributed by atoms with Gasteiger partial charge in [-0.15, -0.1) is 0 Å². The SMILES string of the molecule is CC=CCCC(=O)C(C)(C)[C@@H]1CCOC(c2ccc(OC)cc2)O1. The third kappa shape index (κ3) is 4.46. The minimum absolute atomic E-state index is 0.142. The molecule has 1 aliphatic rings. The zero-order chi connectivity index (χ0) is 17.6. The predicted octanol–water partition coefficient (Wildman–Crippen LogP) is 4.45. The van der Waals surface area contributed by atoms with Crippen molar-refractivity contribution in [3.8, 4) is 5.75 Å². The van der Waals surface area contributed by atoms with E-state index in [1.807, 2.05) is 57.2 Å². The van der Waals surface area contributed by atoms with Gasteiger partial charge in [-0.05, 0) is 31.9 Å². The van der Waals surface area contributed by atoms with Gasteiger partial charge in [-0.25, -0.2) is 0 Å². The summed E-state index contributed by atoms with van der Waals surface area (Å²) in [6, 6.07) is 7.65. The average Bonchev–Trinajstić information content (AvgIpc) is 2.62. The van der Waals surface area contributed by atoms with Gasteiger partial charge in [0.15, 0.2) is 6.29 Å². The number of Topliss-reactive ketones (excluding diaryl/α,β-unsaturated/α-hetero) is 1. The first-order valence-corrected chi connectivity index (χ1v) is 8.54. The van der Waals surface area contributed by atoms with Crippen LogP contribution >= 0.6 is 0 Å². The first-order chi connectivity index (χ1) is 11.5. The molecule has 2 rings (SSSR count). The van der Waals surface area contributed by atoms with Gasteiger partial charge in [0.1, 0.15) is 11.5 Å². The van der Waals surface area contributed by atoms with E-state index in [9.17, 15) is 4.79 Å². The first-order valence-electron chi connectivity index (χ1n) is 8.54. The maximum absolute atomic E-state index is 12.6. The molecule has 132 valence electrons. The van der Waals surface area contributed by atoms with Crippen molar-refractivity contribution in [2.45, 2.75) is 52.4 Å². The first kappa shape index (κ1) is 18.7. The van der Waals surface area contributed by atoms with E-state index in [1.165, 1.54) is 0 Å². The molecular formula is C20H28O4. The Morgan fingerprint density at radius 3 is 2.67 bits per heavy atom. The standard InChI is InChI=1S/C20H28O4/c1-5-6-7-8-17(21)20(2,3)18-13-14-23-19(24-18)15-9-11-16(22-4)12-10-15/h5-6,9-12,18-19H,7-8,13-14H2,1-4H3/t18-,19?/m0/s1. The lowest BCUT2D eigenvalue weighted by Gasteiger charge is -2.39. The number of ketones is 1. The Morgan fingerprint density at radius 2 is 2.04 bits per heavy atom. The van der Waals surface area contributed by atoms with Gasteiger partial charge in [-0.1, -0.05) is 38.1 Å². The molecule has 1 aromatic carbocycles. The van der Waals surface area contributed by atoms with E-state index < -0.39 is 11.7 Å². The summed E-state index contributed by atoms with van der Waals surface area (Å²) in [6.07, 6.45) is 5.49. The Morgan fingerprint density at radius 1 is 1.33 bits per heavy atom. The van der Waals surface area contributed by atoms with Crippen molar-refractivity contribution < 1.29 is 19.0 Å². The lowest BCUT2D eigenvalue weighted by Crippen LogP contribution is -2.43. The number of hydrogen-bond acceptors (Lipinski definition) is 4. The number of allylic oxidation sites excluding steroid dienone is 2. The third-order valence-corrected chi connectivity index (χ3v) is 4.62. The van der Waals surface area contributed by atoms with Gasteiger partial charge in [0.05, 0.1) is 19.8 Å². The predicted molar refractivity (Wildman–Crippen MR) is 94.0 cm³/mol. The normalized spacial score (nSPS) is 21.8. The van der Waals surface area contributed by atoms with E-state index in [0.29, 0.717) is 13.0 Å². The van der Waals surface area contributed by atoms with Crippen LogP contribution in [0.2, 0.25) is 0 Å². The zero-order valence-corrected chi connectivity index (χ0v) is 15.1. The maximum Gasteiger partial charge on any atom is 0.184 e. The van der Waals surface area contributed by atoms with Crippen LogP contribution in [0.1, 0.15) is 51.9 Å². The maximum atomic E-state index is 12.6. The highest BCUT2D eigenvalue weighted by Crippen LogP contribution is 2.37. The monoisotopic (exact) mass is 332 g/mol. The number of benzene rings is 1. The topological polar surface area (TPSA) is 44.8 Å². The van der Waals surface area contributed by atoms with Crippen molar-refractivity contribution in [3.63, 3.8) is 0 Å². The second-order valence-corrected chi connectivity index (χ2v) is 6.64. The molecule has 0 saturated carbocycles. The fraction of sp³-hybridized carbons (Fsp3) is 0.550. The molecule has 0 bridgehead atoms. The lowest BCUT2D eigenvalue weighted by molar-refractivity contribution is -0.238. The van der Waals surface area contributed by atoms with E-state index >= 15 is 0 Å². The second kappa shape index (κ2) is 8.45. The number of ether oxygens (including phenoxy) is 3.